The number of amides is 2. The van der Waals surface area contributed by atoms with Crippen molar-refractivity contribution in [3.8, 4) is 33.6 Å². The number of benzene rings is 2. The Kier molecular flexibility index (Phi) is 8.17. The topological polar surface area (TPSA) is 129 Å². The van der Waals surface area contributed by atoms with Gasteiger partial charge in [-0.3, -0.25) is 4.79 Å². The molecule has 0 atom stereocenters. The zero-order valence-electron chi connectivity index (χ0n) is 23.3. The smallest absolute Gasteiger partial charge is 0.373 e. The van der Waals surface area contributed by atoms with Crippen LogP contribution in [-0.2, 0) is 16.0 Å². The van der Waals surface area contributed by atoms with Crippen molar-refractivity contribution in [1.29, 1.82) is 0 Å². The van der Waals surface area contributed by atoms with Crippen LogP contribution in [0.5, 0.6) is 0 Å². The molecular formula is C32H28N4O5S2. The SMILES string of the molecule is Cc1onc(-c2cccc(-c3ccc(C(=O)OC(N)=O)cc3)c2)c1-c1csc(C2CCN(C(=O)Cc3cccs3)CC2)n1. The van der Waals surface area contributed by atoms with Crippen LogP contribution in [0.2, 0.25) is 0 Å². The minimum atomic E-state index is -1.14. The number of esters is 1. The number of rotatable bonds is 7. The molecule has 6 rings (SSSR count). The monoisotopic (exact) mass is 612 g/mol. The van der Waals surface area contributed by atoms with Crippen LogP contribution in [-0.4, -0.2) is 46.1 Å². The normalized spacial score (nSPS) is 13.7. The summed E-state index contributed by atoms with van der Waals surface area (Å²) in [6.45, 7) is 3.36. The minimum absolute atomic E-state index is 0.189. The first-order valence-electron chi connectivity index (χ1n) is 13.8. The third kappa shape index (κ3) is 6.27. The Hall–Kier alpha value is -4.61. The van der Waals surface area contributed by atoms with Crippen molar-refractivity contribution in [2.24, 2.45) is 5.73 Å². The highest BCUT2D eigenvalue weighted by Crippen LogP contribution is 2.39. The third-order valence-corrected chi connectivity index (χ3v) is 9.41. The number of nitrogens with zero attached hydrogens (tertiary/aromatic N) is 3. The van der Waals surface area contributed by atoms with Crippen LogP contribution in [0.4, 0.5) is 4.79 Å². The van der Waals surface area contributed by atoms with E-state index >= 15 is 0 Å². The zero-order chi connectivity index (χ0) is 29.9. The lowest BCUT2D eigenvalue weighted by molar-refractivity contribution is -0.131. The van der Waals surface area contributed by atoms with E-state index in [1.807, 2.05) is 53.6 Å². The first kappa shape index (κ1) is 28.5. The van der Waals surface area contributed by atoms with Crippen molar-refractivity contribution < 1.29 is 23.6 Å². The number of aromatic nitrogens is 2. The first-order valence-corrected chi connectivity index (χ1v) is 15.6. The molecular weight excluding hydrogens is 585 g/mol. The Morgan fingerprint density at radius 1 is 1.00 bits per heavy atom. The average Bonchev–Trinajstić information content (AvgIpc) is 3.79. The van der Waals surface area contributed by atoms with Crippen LogP contribution in [0, 0.1) is 6.92 Å². The van der Waals surface area contributed by atoms with E-state index in [4.69, 9.17) is 15.2 Å². The highest BCUT2D eigenvalue weighted by molar-refractivity contribution is 7.10. The van der Waals surface area contributed by atoms with Crippen LogP contribution in [0.25, 0.3) is 33.6 Å². The fourth-order valence-corrected chi connectivity index (χ4v) is 6.98. The maximum atomic E-state index is 12.7. The van der Waals surface area contributed by atoms with Crippen molar-refractivity contribution in [2.45, 2.75) is 32.1 Å². The largest absolute Gasteiger partial charge is 0.412 e. The number of primary amides is 1. The molecule has 0 saturated carbocycles. The Morgan fingerprint density at radius 2 is 1.77 bits per heavy atom. The van der Waals surface area contributed by atoms with Crippen LogP contribution in [0.15, 0.2) is 75.9 Å². The molecule has 0 bridgehead atoms. The Labute approximate surface area is 255 Å². The summed E-state index contributed by atoms with van der Waals surface area (Å²) in [6.07, 6.45) is 1.10. The summed E-state index contributed by atoms with van der Waals surface area (Å²) in [7, 11) is 0. The quantitative estimate of drug-likeness (QED) is 0.160. The summed E-state index contributed by atoms with van der Waals surface area (Å²) in [6, 6.07) is 18.6. The van der Waals surface area contributed by atoms with Crippen molar-refractivity contribution >= 4 is 40.6 Å². The number of hydrogen-bond acceptors (Lipinski definition) is 9. The van der Waals surface area contributed by atoms with Gasteiger partial charge >= 0.3 is 12.1 Å². The third-order valence-electron chi connectivity index (χ3n) is 7.53. The predicted octanol–water partition coefficient (Wildman–Crippen LogP) is 6.69. The lowest BCUT2D eigenvalue weighted by Gasteiger charge is -2.31. The van der Waals surface area contributed by atoms with E-state index in [0.29, 0.717) is 23.8 Å². The Morgan fingerprint density at radius 3 is 2.49 bits per heavy atom. The van der Waals surface area contributed by atoms with Crippen LogP contribution in [0.3, 0.4) is 0 Å². The highest BCUT2D eigenvalue weighted by Gasteiger charge is 2.27. The number of carbonyl (C=O) groups excluding carboxylic acids is 3. The predicted molar refractivity (Wildman–Crippen MR) is 165 cm³/mol. The summed E-state index contributed by atoms with van der Waals surface area (Å²) in [4.78, 5) is 43.7. The molecule has 0 unspecified atom stereocenters. The van der Waals surface area contributed by atoms with Crippen LogP contribution >= 0.6 is 22.7 Å². The molecule has 2 N–H and O–H groups in total. The lowest BCUT2D eigenvalue weighted by Crippen LogP contribution is -2.38. The van der Waals surface area contributed by atoms with E-state index in [-0.39, 0.29) is 11.5 Å². The number of hydrogen-bond donors (Lipinski definition) is 1. The summed E-state index contributed by atoms with van der Waals surface area (Å²) < 4.78 is 10.1. The summed E-state index contributed by atoms with van der Waals surface area (Å²) in [5.74, 6) is 0.379. The van der Waals surface area contributed by atoms with Gasteiger partial charge in [0.05, 0.1) is 28.2 Å². The summed E-state index contributed by atoms with van der Waals surface area (Å²) in [5, 5.41) is 9.51. The van der Waals surface area contributed by atoms with Gasteiger partial charge in [0.25, 0.3) is 0 Å². The second-order valence-electron chi connectivity index (χ2n) is 10.3. The molecule has 4 heterocycles. The van der Waals surface area contributed by atoms with Crippen molar-refractivity contribution in [2.75, 3.05) is 13.1 Å². The molecule has 1 aliphatic heterocycles. The molecule has 9 nitrogen and oxygen atoms in total. The van der Waals surface area contributed by atoms with Gasteiger partial charge in [0.15, 0.2) is 0 Å². The van der Waals surface area contributed by atoms with Crippen molar-refractivity contribution in [3.05, 3.63) is 92.6 Å². The fourth-order valence-electron chi connectivity index (χ4n) is 5.31. The van der Waals surface area contributed by atoms with E-state index in [2.05, 4.69) is 15.3 Å². The zero-order valence-corrected chi connectivity index (χ0v) is 25.0. The molecule has 1 aliphatic rings. The Balaban J connectivity index is 1.17. The molecule has 2 aromatic carbocycles. The Bertz CT molecular complexity index is 1770. The van der Waals surface area contributed by atoms with Gasteiger partial charge in [-0.15, -0.1) is 22.7 Å². The van der Waals surface area contributed by atoms with Gasteiger partial charge in [-0.2, -0.15) is 0 Å². The summed E-state index contributed by atoms with van der Waals surface area (Å²) >= 11 is 3.26. The van der Waals surface area contributed by atoms with Gasteiger partial charge in [-0.1, -0.05) is 41.6 Å². The molecule has 0 radical (unpaired) electrons. The fraction of sp³-hybridized carbons (Fsp3) is 0.219. The molecule has 11 heteroatoms. The molecule has 1 saturated heterocycles. The maximum Gasteiger partial charge on any atom is 0.412 e. The van der Waals surface area contributed by atoms with Crippen molar-refractivity contribution in [3.63, 3.8) is 0 Å². The average molecular weight is 613 g/mol. The number of thiazole rings is 1. The van der Waals surface area contributed by atoms with Gasteiger partial charge in [-0.25, -0.2) is 14.6 Å². The number of thiophene rings is 1. The number of ether oxygens (including phenoxy) is 1. The highest BCUT2D eigenvalue weighted by atomic mass is 32.1. The van der Waals surface area contributed by atoms with Crippen LogP contribution < -0.4 is 5.73 Å². The minimum Gasteiger partial charge on any atom is -0.373 e. The molecule has 3 aromatic heterocycles. The number of aryl methyl sites for hydroxylation is 1. The summed E-state index contributed by atoms with van der Waals surface area (Å²) in [5.41, 5.74) is 10.2. The van der Waals surface area contributed by atoms with E-state index in [9.17, 15) is 14.4 Å². The lowest BCUT2D eigenvalue weighted by atomic mass is 9.97. The maximum absolute atomic E-state index is 12.7. The second kappa shape index (κ2) is 12.3. The number of likely N-dealkylation sites (tertiary alicyclic amines) is 1. The molecule has 5 aromatic rings. The van der Waals surface area contributed by atoms with Gasteiger partial charge in [0.2, 0.25) is 5.91 Å². The van der Waals surface area contributed by atoms with E-state index in [0.717, 1.165) is 63.8 Å². The van der Waals surface area contributed by atoms with Gasteiger partial charge in [0, 0.05) is 34.8 Å². The van der Waals surface area contributed by atoms with Crippen molar-refractivity contribution in [1.82, 2.24) is 15.0 Å². The van der Waals surface area contributed by atoms with E-state index in [1.165, 1.54) is 0 Å². The van der Waals surface area contributed by atoms with Gasteiger partial charge < -0.3 is 19.9 Å². The number of nitrogens with two attached hydrogens (primary N) is 1. The molecule has 218 valence electrons. The molecule has 0 spiro atoms. The van der Waals surface area contributed by atoms with E-state index < -0.39 is 12.1 Å². The standard InChI is InChI=1S/C32H28N4O5S2/c1-19-28(26-18-43-30(34-26)21-11-13-36(14-12-21)27(37)17-25-6-3-15-42-25)29(35-41-19)24-5-2-4-23(16-24)20-7-9-22(10-8-20)31(38)40-32(33)39/h2-10,15-16,18,21H,11-14,17H2,1H3,(H2,33,39). The van der Waals surface area contributed by atoms with Gasteiger partial charge in [0.1, 0.15) is 11.5 Å². The second-order valence-corrected chi connectivity index (χ2v) is 12.2. The van der Waals surface area contributed by atoms with Gasteiger partial charge in [-0.05, 0) is 60.5 Å². The molecule has 1 fully saturated rings. The number of piperidine rings is 1. The molecule has 43 heavy (non-hydrogen) atoms. The van der Waals surface area contributed by atoms with E-state index in [1.54, 1.807) is 46.9 Å². The molecule has 2 amide bonds. The first-order chi connectivity index (χ1) is 20.9. The molecule has 0 aliphatic carbocycles. The number of carbonyl (C=O) groups is 3. The van der Waals surface area contributed by atoms with Crippen LogP contribution in [0.1, 0.15) is 44.8 Å².